The van der Waals surface area contributed by atoms with Crippen LogP contribution < -0.4 is 4.90 Å². The van der Waals surface area contributed by atoms with Crippen LogP contribution in [0.4, 0.5) is 17.1 Å². The van der Waals surface area contributed by atoms with Gasteiger partial charge in [-0.05, 0) is 168 Å². The number of hydrogen-bond acceptors (Lipinski definition) is 4. The summed E-state index contributed by atoms with van der Waals surface area (Å²) in [6.45, 7) is 0. The van der Waals surface area contributed by atoms with E-state index in [2.05, 4.69) is 313 Å². The van der Waals surface area contributed by atoms with Crippen molar-refractivity contribution >= 4 is 157 Å². The molecule has 93 heavy (non-hydrogen) atoms. The van der Waals surface area contributed by atoms with Gasteiger partial charge in [-0.2, -0.15) is 0 Å². The second-order valence-electron chi connectivity index (χ2n) is 24.9. The molecular formula is C88H50N2O2S. The van der Waals surface area contributed by atoms with Gasteiger partial charge in [0.05, 0.1) is 16.7 Å². The summed E-state index contributed by atoms with van der Waals surface area (Å²) in [5.74, 6) is 0. The molecule has 2 aliphatic rings. The number of para-hydroxylation sites is 2. The van der Waals surface area contributed by atoms with Crippen LogP contribution >= 0.6 is 11.3 Å². The first kappa shape index (κ1) is 50.8. The van der Waals surface area contributed by atoms with E-state index in [1.54, 1.807) is 0 Å². The van der Waals surface area contributed by atoms with Crippen molar-refractivity contribution < 1.29 is 8.83 Å². The molecule has 0 unspecified atom stereocenters. The van der Waals surface area contributed by atoms with Crippen LogP contribution in [0.3, 0.4) is 0 Å². The summed E-state index contributed by atoms with van der Waals surface area (Å²) in [6, 6.07) is 110. The molecule has 0 saturated carbocycles. The van der Waals surface area contributed by atoms with Crippen molar-refractivity contribution in [1.29, 1.82) is 0 Å². The number of aromatic nitrogens is 1. The number of hydrogen-bond donors (Lipinski definition) is 0. The van der Waals surface area contributed by atoms with Gasteiger partial charge >= 0.3 is 0 Å². The highest BCUT2D eigenvalue weighted by atomic mass is 32.1. The lowest BCUT2D eigenvalue weighted by Gasteiger charge is -2.26. The molecule has 22 rings (SSSR count). The van der Waals surface area contributed by atoms with E-state index in [1.807, 2.05) is 11.3 Å². The second-order valence-corrected chi connectivity index (χ2v) is 26.0. The summed E-state index contributed by atoms with van der Waals surface area (Å²) in [4.78, 5) is 2.36. The number of nitrogens with zero attached hydrogens (tertiary/aromatic N) is 2. The Balaban J connectivity index is 0.000000127. The summed E-state index contributed by atoms with van der Waals surface area (Å²) in [5.41, 5.74) is 22.9. The van der Waals surface area contributed by atoms with Gasteiger partial charge in [0, 0.05) is 91.5 Å². The fourth-order valence-corrected chi connectivity index (χ4v) is 17.4. The molecule has 0 saturated heterocycles. The van der Waals surface area contributed by atoms with Crippen LogP contribution in [0.25, 0.3) is 190 Å². The van der Waals surface area contributed by atoms with E-state index in [9.17, 15) is 0 Å². The van der Waals surface area contributed by atoms with Gasteiger partial charge in [-0.1, -0.05) is 212 Å². The molecule has 0 aliphatic heterocycles. The Labute approximate surface area is 536 Å². The van der Waals surface area contributed by atoms with Crippen LogP contribution in [0.15, 0.2) is 312 Å². The molecule has 0 radical (unpaired) electrons. The molecule has 430 valence electrons. The number of furan rings is 2. The first-order valence-corrected chi connectivity index (χ1v) is 32.7. The van der Waals surface area contributed by atoms with E-state index in [0.717, 1.165) is 61.3 Å². The van der Waals surface area contributed by atoms with E-state index in [0.29, 0.717) is 0 Å². The molecule has 2 aliphatic carbocycles. The van der Waals surface area contributed by atoms with Crippen molar-refractivity contribution in [3.63, 3.8) is 0 Å². The van der Waals surface area contributed by atoms with Gasteiger partial charge in [-0.15, -0.1) is 11.3 Å². The minimum atomic E-state index is 0.901. The molecule has 0 spiro atoms. The maximum Gasteiger partial charge on any atom is 0.136 e. The normalized spacial score (nSPS) is 12.3. The van der Waals surface area contributed by atoms with Crippen LogP contribution in [0.5, 0.6) is 0 Å². The fourth-order valence-electron chi connectivity index (χ4n) is 16.2. The molecule has 4 heterocycles. The largest absolute Gasteiger partial charge is 0.456 e. The lowest BCUT2D eigenvalue weighted by molar-refractivity contribution is 0.669. The van der Waals surface area contributed by atoms with Crippen LogP contribution in [-0.4, -0.2) is 4.57 Å². The maximum absolute atomic E-state index is 6.58. The van der Waals surface area contributed by atoms with Gasteiger partial charge in [0.15, 0.2) is 0 Å². The van der Waals surface area contributed by atoms with Gasteiger partial charge < -0.3 is 18.3 Å². The summed E-state index contributed by atoms with van der Waals surface area (Å²) < 4.78 is 18.3. The summed E-state index contributed by atoms with van der Waals surface area (Å²) in [5, 5.41) is 20.3. The minimum Gasteiger partial charge on any atom is -0.456 e. The van der Waals surface area contributed by atoms with Gasteiger partial charge in [-0.25, -0.2) is 0 Å². The topological polar surface area (TPSA) is 34.5 Å². The Morgan fingerprint density at radius 2 is 0.817 bits per heavy atom. The molecule has 0 fully saturated rings. The molecule has 4 nitrogen and oxygen atoms in total. The molecule has 0 amide bonds. The van der Waals surface area contributed by atoms with E-state index in [4.69, 9.17) is 8.83 Å². The zero-order valence-electron chi connectivity index (χ0n) is 50.0. The van der Waals surface area contributed by atoms with Gasteiger partial charge in [0.2, 0.25) is 0 Å². The van der Waals surface area contributed by atoms with E-state index >= 15 is 0 Å². The quantitative estimate of drug-likeness (QED) is 0.149. The van der Waals surface area contributed by atoms with Gasteiger partial charge in [0.1, 0.15) is 22.3 Å². The average Bonchev–Trinajstić information content (AvgIpc) is 1.54. The Kier molecular flexibility index (Phi) is 10.5. The van der Waals surface area contributed by atoms with E-state index < -0.39 is 0 Å². The van der Waals surface area contributed by atoms with Crippen molar-refractivity contribution in [3.8, 4) is 61.3 Å². The number of thiophene rings is 1. The first-order chi connectivity index (χ1) is 46.1. The highest BCUT2D eigenvalue weighted by Gasteiger charge is 2.30. The monoisotopic (exact) mass is 1200 g/mol. The van der Waals surface area contributed by atoms with E-state index in [-0.39, 0.29) is 0 Å². The van der Waals surface area contributed by atoms with Crippen molar-refractivity contribution in [3.05, 3.63) is 303 Å². The van der Waals surface area contributed by atoms with Crippen molar-refractivity contribution in [1.82, 2.24) is 4.57 Å². The lowest BCUT2D eigenvalue weighted by atomic mass is 9.90. The van der Waals surface area contributed by atoms with Crippen LogP contribution in [0.2, 0.25) is 0 Å². The summed E-state index contributed by atoms with van der Waals surface area (Å²) in [6.07, 6.45) is 0. The summed E-state index contributed by atoms with van der Waals surface area (Å²) in [7, 11) is 0. The summed E-state index contributed by atoms with van der Waals surface area (Å²) >= 11 is 1.91. The highest BCUT2D eigenvalue weighted by molar-refractivity contribution is 7.26. The standard InChI is InChI=1S/C48H27NO2.C40H23NS/c1-2-10-32(11-3-1)49(34-20-21-36-31(27-34)17-16-28-8-4-5-13-35(28)36)33-12-6-9-30(26-33)37-22-25-42-48-44(37)38-14-7-15-39-45(38)46-40(50-39)23-18-29-19-24-41(51-42)47(48)43(29)46;1-2-10-24(11-3-1)26-12-4-5-13-27(26)28-14-6-7-17-31(28)41-32-18-8-15-29-30-16-9-19-34-38(30)40-35(42-34)23-21-25-20-22-33(41)39(36(25)40)37(29)32/h1-27H;1-23H. The lowest BCUT2D eigenvalue weighted by Crippen LogP contribution is -2.10. The zero-order chi connectivity index (χ0) is 60.6. The second kappa shape index (κ2) is 19.3. The molecular weight excluding hydrogens is 1150 g/mol. The predicted octanol–water partition coefficient (Wildman–Crippen LogP) is 25.7. The zero-order valence-corrected chi connectivity index (χ0v) is 50.8. The Morgan fingerprint density at radius 3 is 1.68 bits per heavy atom. The smallest absolute Gasteiger partial charge is 0.136 e. The fraction of sp³-hybridized carbons (Fsp3) is 0. The number of anilines is 3. The number of fused-ring (bicyclic) bond motifs is 5. The number of benzene rings is 16. The predicted molar refractivity (Wildman–Crippen MR) is 394 cm³/mol. The molecule has 20 aromatic rings. The molecule has 0 N–H and O–H groups in total. The number of rotatable bonds is 7. The highest BCUT2D eigenvalue weighted by Crippen LogP contribution is 2.55. The molecule has 4 aromatic heterocycles. The van der Waals surface area contributed by atoms with Crippen molar-refractivity contribution in [2.24, 2.45) is 0 Å². The van der Waals surface area contributed by atoms with Crippen molar-refractivity contribution in [2.45, 2.75) is 0 Å². The Hall–Kier alpha value is -12.0. The Bertz CT molecular complexity index is 6620. The maximum atomic E-state index is 6.58. The third-order valence-electron chi connectivity index (χ3n) is 20.1. The van der Waals surface area contributed by atoms with Crippen LogP contribution in [0, 0.1) is 0 Å². The first-order valence-electron chi connectivity index (χ1n) is 31.9. The minimum absolute atomic E-state index is 0.901. The third-order valence-corrected chi connectivity index (χ3v) is 21.2. The third kappa shape index (κ3) is 7.20. The molecule has 16 aromatic carbocycles. The molecule has 5 heteroatoms. The SMILES string of the molecule is c1ccc(-c2ccccc2-c2ccccc2-n2c3cccc4c3c3c5c(ccc6sc7cccc-4c7c65)ccc32)cc1.c1ccc(N(c2cccc(-c3ccc4oc5ccc6ccc7oc8cccc9c8c7c6c5c4c3-9)c2)c2ccc3c(ccc4ccccc43)c2)cc1. The average molecular weight is 1200 g/mol. The van der Waals surface area contributed by atoms with E-state index in [1.165, 1.54) is 146 Å². The van der Waals surface area contributed by atoms with Gasteiger partial charge in [-0.3, -0.25) is 0 Å². The molecule has 0 atom stereocenters. The Morgan fingerprint density at radius 1 is 0.258 bits per heavy atom. The van der Waals surface area contributed by atoms with Crippen molar-refractivity contribution in [2.75, 3.05) is 4.90 Å². The van der Waals surface area contributed by atoms with Crippen LogP contribution in [0.1, 0.15) is 0 Å². The van der Waals surface area contributed by atoms with Gasteiger partial charge in [0.25, 0.3) is 0 Å². The molecule has 0 bridgehead atoms. The van der Waals surface area contributed by atoms with Crippen LogP contribution in [-0.2, 0) is 0 Å².